The normalized spacial score (nSPS) is 12.4. The zero-order valence-corrected chi connectivity index (χ0v) is 11.9. The molecule has 1 amide bonds. The van der Waals surface area contributed by atoms with Crippen molar-refractivity contribution in [2.24, 2.45) is 11.5 Å². The van der Waals surface area contributed by atoms with Gasteiger partial charge >= 0.3 is 0 Å². The molecule has 1 atom stereocenters. The minimum absolute atomic E-state index is 0.0776. The minimum atomic E-state index is -0.277. The maximum atomic E-state index is 10.6. The van der Waals surface area contributed by atoms with Crippen molar-refractivity contribution < 1.29 is 4.79 Å². The first-order valence-electron chi connectivity index (χ1n) is 4.99. The van der Waals surface area contributed by atoms with E-state index in [0.29, 0.717) is 6.42 Å². The third-order valence-electron chi connectivity index (χ3n) is 2.30. The standard InChI is InChI=1S/C11H14Br2N2O/c12-7-4-5-9(13)8(6-7)10(14)2-1-3-11(15)16/h4-6,10H,1-3,14H2,(H2,15,16). The Bertz CT molecular complexity index is 382. The van der Waals surface area contributed by atoms with Crippen LogP contribution < -0.4 is 11.5 Å². The molecule has 1 unspecified atom stereocenters. The summed E-state index contributed by atoms with van der Waals surface area (Å²) in [6, 6.07) is 5.81. The van der Waals surface area contributed by atoms with Crippen molar-refractivity contribution in [3.63, 3.8) is 0 Å². The van der Waals surface area contributed by atoms with Crippen molar-refractivity contribution in [1.82, 2.24) is 0 Å². The molecular formula is C11H14Br2N2O. The van der Waals surface area contributed by atoms with E-state index in [2.05, 4.69) is 31.9 Å². The third kappa shape index (κ3) is 4.23. The Balaban J connectivity index is 2.61. The van der Waals surface area contributed by atoms with E-state index < -0.39 is 0 Å². The third-order valence-corrected chi connectivity index (χ3v) is 3.51. The number of halogens is 2. The summed E-state index contributed by atoms with van der Waals surface area (Å²) in [4.78, 5) is 10.6. The lowest BCUT2D eigenvalue weighted by atomic mass is 10.0. The lowest BCUT2D eigenvalue weighted by Crippen LogP contribution is -2.14. The Morgan fingerprint density at radius 1 is 1.38 bits per heavy atom. The van der Waals surface area contributed by atoms with E-state index in [1.165, 1.54) is 0 Å². The zero-order chi connectivity index (χ0) is 12.1. The van der Waals surface area contributed by atoms with Gasteiger partial charge in [0, 0.05) is 21.4 Å². The molecule has 16 heavy (non-hydrogen) atoms. The van der Waals surface area contributed by atoms with Gasteiger partial charge in [0.15, 0.2) is 0 Å². The van der Waals surface area contributed by atoms with Gasteiger partial charge in [-0.3, -0.25) is 4.79 Å². The zero-order valence-electron chi connectivity index (χ0n) is 8.75. The van der Waals surface area contributed by atoms with Gasteiger partial charge in [0.05, 0.1) is 0 Å². The molecule has 88 valence electrons. The number of carbonyl (C=O) groups excluding carboxylic acids is 1. The Hall–Kier alpha value is -0.390. The molecule has 0 aromatic heterocycles. The molecule has 0 aliphatic heterocycles. The number of hydrogen-bond donors (Lipinski definition) is 2. The maximum absolute atomic E-state index is 10.6. The molecule has 0 saturated heterocycles. The van der Waals surface area contributed by atoms with E-state index in [4.69, 9.17) is 11.5 Å². The fraction of sp³-hybridized carbons (Fsp3) is 0.364. The number of rotatable bonds is 5. The highest BCUT2D eigenvalue weighted by molar-refractivity contribution is 9.11. The van der Waals surface area contributed by atoms with Crippen molar-refractivity contribution >= 4 is 37.8 Å². The summed E-state index contributed by atoms with van der Waals surface area (Å²) in [5.74, 6) is -0.277. The van der Waals surface area contributed by atoms with Crippen LogP contribution in [0.1, 0.15) is 30.9 Å². The average molecular weight is 350 g/mol. The predicted octanol–water partition coefficient (Wildman–Crippen LogP) is 2.87. The van der Waals surface area contributed by atoms with Crippen molar-refractivity contribution in [3.05, 3.63) is 32.7 Å². The lowest BCUT2D eigenvalue weighted by molar-refractivity contribution is -0.118. The molecule has 3 nitrogen and oxygen atoms in total. The summed E-state index contributed by atoms with van der Waals surface area (Å²) in [5.41, 5.74) is 12.2. The largest absolute Gasteiger partial charge is 0.370 e. The van der Waals surface area contributed by atoms with Crippen molar-refractivity contribution in [1.29, 1.82) is 0 Å². The minimum Gasteiger partial charge on any atom is -0.370 e. The summed E-state index contributed by atoms with van der Waals surface area (Å²) in [5, 5.41) is 0. The molecule has 0 aliphatic carbocycles. The van der Waals surface area contributed by atoms with Crippen molar-refractivity contribution in [3.8, 4) is 0 Å². The fourth-order valence-electron chi connectivity index (χ4n) is 1.45. The summed E-state index contributed by atoms with van der Waals surface area (Å²) < 4.78 is 1.98. The van der Waals surface area contributed by atoms with Crippen LogP contribution in [-0.2, 0) is 4.79 Å². The molecule has 0 heterocycles. The number of hydrogen-bond acceptors (Lipinski definition) is 2. The predicted molar refractivity (Wildman–Crippen MR) is 71.8 cm³/mol. The lowest BCUT2D eigenvalue weighted by Gasteiger charge is -2.13. The van der Waals surface area contributed by atoms with Crippen LogP contribution in [0.4, 0.5) is 0 Å². The Morgan fingerprint density at radius 3 is 2.69 bits per heavy atom. The van der Waals surface area contributed by atoms with E-state index in [9.17, 15) is 4.79 Å². The number of primary amides is 1. The molecule has 0 saturated carbocycles. The van der Waals surface area contributed by atoms with Crippen molar-refractivity contribution in [2.45, 2.75) is 25.3 Å². The van der Waals surface area contributed by atoms with Gasteiger partial charge in [0.2, 0.25) is 5.91 Å². The highest BCUT2D eigenvalue weighted by Crippen LogP contribution is 2.28. The molecule has 0 radical (unpaired) electrons. The number of benzene rings is 1. The molecule has 0 bridgehead atoms. The molecule has 0 spiro atoms. The van der Waals surface area contributed by atoms with Gasteiger partial charge in [-0.05, 0) is 36.6 Å². The second kappa shape index (κ2) is 6.37. The highest BCUT2D eigenvalue weighted by atomic mass is 79.9. The van der Waals surface area contributed by atoms with E-state index in [-0.39, 0.29) is 11.9 Å². The van der Waals surface area contributed by atoms with Gasteiger partial charge in [-0.2, -0.15) is 0 Å². The van der Waals surface area contributed by atoms with Crippen LogP contribution in [0.2, 0.25) is 0 Å². The fourth-order valence-corrected chi connectivity index (χ4v) is 2.37. The van der Waals surface area contributed by atoms with E-state index in [0.717, 1.165) is 27.4 Å². The topological polar surface area (TPSA) is 69.1 Å². The molecule has 1 aromatic carbocycles. The second-order valence-electron chi connectivity index (χ2n) is 3.63. The maximum Gasteiger partial charge on any atom is 0.217 e. The van der Waals surface area contributed by atoms with Crippen LogP contribution in [0.25, 0.3) is 0 Å². The van der Waals surface area contributed by atoms with Gasteiger partial charge in [-0.25, -0.2) is 0 Å². The second-order valence-corrected chi connectivity index (χ2v) is 5.40. The van der Waals surface area contributed by atoms with Crippen molar-refractivity contribution in [2.75, 3.05) is 0 Å². The Morgan fingerprint density at radius 2 is 2.06 bits per heavy atom. The van der Waals surface area contributed by atoms with Crippen LogP contribution in [-0.4, -0.2) is 5.91 Å². The van der Waals surface area contributed by atoms with Gasteiger partial charge < -0.3 is 11.5 Å². The quantitative estimate of drug-likeness (QED) is 0.858. The summed E-state index contributed by atoms with van der Waals surface area (Å²) in [6.45, 7) is 0. The molecule has 0 aliphatic rings. The van der Waals surface area contributed by atoms with E-state index in [1.807, 2.05) is 18.2 Å². The van der Waals surface area contributed by atoms with E-state index >= 15 is 0 Å². The number of carbonyl (C=O) groups is 1. The SMILES string of the molecule is NC(=O)CCCC(N)c1cc(Br)ccc1Br. The highest BCUT2D eigenvalue weighted by Gasteiger charge is 2.10. The molecule has 1 aromatic rings. The number of amides is 1. The van der Waals surface area contributed by atoms with Gasteiger partial charge in [-0.1, -0.05) is 31.9 Å². The Labute approximate surface area is 112 Å². The Kier molecular flexibility index (Phi) is 5.44. The van der Waals surface area contributed by atoms with Gasteiger partial charge in [-0.15, -0.1) is 0 Å². The summed E-state index contributed by atoms with van der Waals surface area (Å²) in [7, 11) is 0. The number of nitrogens with two attached hydrogens (primary N) is 2. The summed E-state index contributed by atoms with van der Waals surface area (Å²) >= 11 is 6.86. The smallest absolute Gasteiger partial charge is 0.217 e. The molecular weight excluding hydrogens is 336 g/mol. The van der Waals surface area contributed by atoms with Crippen LogP contribution >= 0.6 is 31.9 Å². The first-order chi connectivity index (χ1) is 7.50. The van der Waals surface area contributed by atoms with Crippen LogP contribution in [0.5, 0.6) is 0 Å². The van der Waals surface area contributed by atoms with Gasteiger partial charge in [0.1, 0.15) is 0 Å². The summed E-state index contributed by atoms with van der Waals surface area (Å²) in [6.07, 6.45) is 1.85. The average Bonchev–Trinajstić information content (AvgIpc) is 2.21. The molecule has 1 rings (SSSR count). The monoisotopic (exact) mass is 348 g/mol. The van der Waals surface area contributed by atoms with Crippen LogP contribution in [0, 0.1) is 0 Å². The van der Waals surface area contributed by atoms with Gasteiger partial charge in [0.25, 0.3) is 0 Å². The van der Waals surface area contributed by atoms with Crippen LogP contribution in [0.15, 0.2) is 27.1 Å². The molecule has 4 N–H and O–H groups in total. The van der Waals surface area contributed by atoms with Crippen LogP contribution in [0.3, 0.4) is 0 Å². The first-order valence-corrected chi connectivity index (χ1v) is 6.58. The first kappa shape index (κ1) is 13.7. The van der Waals surface area contributed by atoms with E-state index in [1.54, 1.807) is 0 Å². The molecule has 5 heteroatoms. The molecule has 0 fully saturated rings.